The van der Waals surface area contributed by atoms with Crippen LogP contribution in [0, 0.1) is 12.7 Å². The highest BCUT2D eigenvalue weighted by atomic mass is 19.4. The van der Waals surface area contributed by atoms with Crippen molar-refractivity contribution in [1.82, 2.24) is 39.3 Å². The van der Waals surface area contributed by atoms with E-state index in [1.807, 2.05) is 31.4 Å². The second-order valence-corrected chi connectivity index (χ2v) is 9.92. The maximum atomic E-state index is 14.9. The van der Waals surface area contributed by atoms with Crippen LogP contribution in [-0.4, -0.2) is 78.2 Å². The normalized spacial score (nSPS) is 15.4. The van der Waals surface area contributed by atoms with Gasteiger partial charge in [0, 0.05) is 50.4 Å². The summed E-state index contributed by atoms with van der Waals surface area (Å²) in [6, 6.07) is 5.12. The molecule has 13 heteroatoms. The van der Waals surface area contributed by atoms with Gasteiger partial charge in [-0.05, 0) is 32.9 Å². The van der Waals surface area contributed by atoms with E-state index < -0.39 is 18.5 Å². The minimum absolute atomic E-state index is 0.118. The zero-order chi connectivity index (χ0) is 27.7. The Hall–Kier alpha value is -3.71. The molecule has 0 atom stereocenters. The van der Waals surface area contributed by atoms with Gasteiger partial charge in [-0.1, -0.05) is 0 Å². The molecule has 0 spiro atoms. The van der Waals surface area contributed by atoms with Crippen LogP contribution in [0.2, 0.25) is 0 Å². The molecule has 0 amide bonds. The molecule has 0 radical (unpaired) electrons. The Morgan fingerprint density at radius 3 is 2.33 bits per heavy atom. The molecule has 0 saturated carbocycles. The van der Waals surface area contributed by atoms with Crippen molar-refractivity contribution < 1.29 is 17.6 Å². The number of imidazole rings is 1. The van der Waals surface area contributed by atoms with Crippen LogP contribution in [-0.2, 0) is 6.54 Å². The Labute approximate surface area is 222 Å². The largest absolute Gasteiger partial charge is 0.401 e. The first-order chi connectivity index (χ1) is 18.6. The number of aryl methyl sites for hydroxylation is 1. The van der Waals surface area contributed by atoms with Gasteiger partial charge in [-0.3, -0.25) is 14.8 Å². The Morgan fingerprint density at radius 1 is 0.923 bits per heavy atom. The van der Waals surface area contributed by atoms with Crippen molar-refractivity contribution in [2.45, 2.75) is 39.5 Å². The monoisotopic (exact) mass is 543 g/mol. The molecule has 5 rings (SSSR count). The number of nitrogens with one attached hydrogen (secondary N) is 1. The minimum atomic E-state index is -4.18. The average molecular weight is 544 g/mol. The Bertz CT molecular complexity index is 1440. The number of piperazine rings is 1. The van der Waals surface area contributed by atoms with E-state index in [-0.39, 0.29) is 6.04 Å². The van der Waals surface area contributed by atoms with Crippen LogP contribution in [0.3, 0.4) is 0 Å². The van der Waals surface area contributed by atoms with Gasteiger partial charge in [0.2, 0.25) is 0 Å². The molecule has 4 heterocycles. The topological polar surface area (TPSA) is 87.9 Å². The highest BCUT2D eigenvalue weighted by molar-refractivity contribution is 5.83. The van der Waals surface area contributed by atoms with E-state index in [1.165, 1.54) is 17.3 Å². The molecule has 1 fully saturated rings. The zero-order valence-corrected chi connectivity index (χ0v) is 21.9. The van der Waals surface area contributed by atoms with Crippen molar-refractivity contribution in [3.8, 4) is 11.3 Å². The summed E-state index contributed by atoms with van der Waals surface area (Å²) in [6.07, 6.45) is 0.421. The smallest absolute Gasteiger partial charge is 0.326 e. The number of rotatable bonds is 7. The maximum absolute atomic E-state index is 14.9. The lowest BCUT2D eigenvalue weighted by Crippen LogP contribution is -2.48. The third-order valence-electron chi connectivity index (χ3n) is 6.62. The van der Waals surface area contributed by atoms with Crippen LogP contribution in [0.5, 0.6) is 0 Å². The lowest BCUT2D eigenvalue weighted by Gasteiger charge is -2.34. The van der Waals surface area contributed by atoms with Gasteiger partial charge in [-0.2, -0.15) is 13.2 Å². The fourth-order valence-electron chi connectivity index (χ4n) is 4.87. The molecule has 0 aliphatic carbocycles. The molecule has 1 aliphatic rings. The predicted octanol–water partition coefficient (Wildman–Crippen LogP) is 4.74. The quantitative estimate of drug-likeness (QED) is 0.335. The number of halogens is 4. The van der Waals surface area contributed by atoms with Crippen LogP contribution < -0.4 is 5.32 Å². The molecule has 1 aromatic carbocycles. The molecular formula is C26H29F4N9. The van der Waals surface area contributed by atoms with Gasteiger partial charge >= 0.3 is 6.18 Å². The summed E-state index contributed by atoms with van der Waals surface area (Å²) in [5.74, 6) is 1.26. The number of alkyl halides is 3. The Kier molecular flexibility index (Phi) is 7.45. The molecule has 3 aromatic heterocycles. The molecule has 0 unspecified atom stereocenters. The summed E-state index contributed by atoms with van der Waals surface area (Å²) < 4.78 is 54.7. The number of benzene rings is 1. The fraction of sp³-hybridized carbons (Fsp3) is 0.423. The lowest BCUT2D eigenvalue weighted by atomic mass is 10.1. The number of nitrogens with zero attached hydrogens (tertiary/aromatic N) is 8. The predicted molar refractivity (Wildman–Crippen MR) is 139 cm³/mol. The second-order valence-electron chi connectivity index (χ2n) is 9.92. The van der Waals surface area contributed by atoms with Crippen LogP contribution in [0.1, 0.15) is 31.4 Å². The third kappa shape index (κ3) is 6.31. The zero-order valence-electron chi connectivity index (χ0n) is 21.9. The van der Waals surface area contributed by atoms with Gasteiger partial charge in [0.25, 0.3) is 0 Å². The highest BCUT2D eigenvalue weighted by Gasteiger charge is 2.32. The second kappa shape index (κ2) is 10.8. The molecule has 1 saturated heterocycles. The van der Waals surface area contributed by atoms with E-state index in [1.54, 1.807) is 18.5 Å². The van der Waals surface area contributed by atoms with Gasteiger partial charge in [-0.25, -0.2) is 24.3 Å². The summed E-state index contributed by atoms with van der Waals surface area (Å²) in [5, 5.41) is 3.10. The van der Waals surface area contributed by atoms with Crippen molar-refractivity contribution in [1.29, 1.82) is 0 Å². The molecule has 1 N–H and O–H groups in total. The van der Waals surface area contributed by atoms with Gasteiger partial charge in [0.1, 0.15) is 29.3 Å². The number of aromatic nitrogens is 6. The van der Waals surface area contributed by atoms with Gasteiger partial charge in [0.15, 0.2) is 5.82 Å². The standard InChI is InChI=1S/C26H29F4N9/c1-16(2)39-17(3)35-25-20(27)8-18(9-22(25)39)21-10-23(34-15-33-21)36-24-12-31-19(11-32-24)13-37-4-6-38(7-5-37)14-26(28,29)30/h8-12,15-16H,4-7,13-14H2,1-3H3,(H,32,33,34,36). The van der Waals surface area contributed by atoms with E-state index >= 15 is 0 Å². The van der Waals surface area contributed by atoms with Gasteiger partial charge in [-0.15, -0.1) is 0 Å². The van der Waals surface area contributed by atoms with Crippen molar-refractivity contribution >= 4 is 22.7 Å². The number of anilines is 2. The summed E-state index contributed by atoms with van der Waals surface area (Å²) in [5.41, 5.74) is 2.89. The molecule has 0 bridgehead atoms. The molecule has 206 valence electrons. The van der Waals surface area contributed by atoms with E-state index in [9.17, 15) is 17.6 Å². The SMILES string of the molecule is Cc1nc2c(F)cc(-c3cc(Nc4cnc(CN5CCN(CC(F)(F)F)CC5)cn4)ncn3)cc2n1C(C)C. The summed E-state index contributed by atoms with van der Waals surface area (Å²) in [4.78, 5) is 25.3. The Balaban J connectivity index is 1.25. The molecule has 1 aliphatic heterocycles. The maximum Gasteiger partial charge on any atom is 0.401 e. The van der Waals surface area contributed by atoms with Crippen LogP contribution >= 0.6 is 0 Å². The Morgan fingerprint density at radius 2 is 1.67 bits per heavy atom. The molecular weight excluding hydrogens is 514 g/mol. The van der Waals surface area contributed by atoms with Crippen molar-refractivity contribution in [3.63, 3.8) is 0 Å². The van der Waals surface area contributed by atoms with Crippen molar-refractivity contribution in [2.24, 2.45) is 0 Å². The minimum Gasteiger partial charge on any atom is -0.326 e. The first kappa shape index (κ1) is 26.9. The molecule has 39 heavy (non-hydrogen) atoms. The fourth-order valence-corrected chi connectivity index (χ4v) is 4.87. The number of hydrogen-bond acceptors (Lipinski definition) is 8. The van der Waals surface area contributed by atoms with Crippen molar-refractivity contribution in [2.75, 3.05) is 38.0 Å². The number of hydrogen-bond donors (Lipinski definition) is 1. The third-order valence-corrected chi connectivity index (χ3v) is 6.62. The summed E-state index contributed by atoms with van der Waals surface area (Å²) in [6.45, 7) is 7.32. The number of fused-ring (bicyclic) bond motifs is 1. The summed E-state index contributed by atoms with van der Waals surface area (Å²) >= 11 is 0. The molecule has 9 nitrogen and oxygen atoms in total. The van der Waals surface area contributed by atoms with E-state index in [2.05, 4.69) is 35.1 Å². The van der Waals surface area contributed by atoms with Gasteiger partial charge in [0.05, 0.1) is 35.8 Å². The first-order valence-corrected chi connectivity index (χ1v) is 12.7. The van der Waals surface area contributed by atoms with Crippen LogP contribution in [0.25, 0.3) is 22.3 Å². The highest BCUT2D eigenvalue weighted by Crippen LogP contribution is 2.29. The van der Waals surface area contributed by atoms with E-state index in [0.29, 0.717) is 72.3 Å². The molecule has 4 aromatic rings. The first-order valence-electron chi connectivity index (χ1n) is 12.7. The average Bonchev–Trinajstić information content (AvgIpc) is 3.22. The lowest BCUT2D eigenvalue weighted by molar-refractivity contribution is -0.149. The summed E-state index contributed by atoms with van der Waals surface area (Å²) in [7, 11) is 0. The van der Waals surface area contributed by atoms with E-state index in [0.717, 1.165) is 5.82 Å². The van der Waals surface area contributed by atoms with Crippen molar-refractivity contribution in [3.05, 3.63) is 54.3 Å². The van der Waals surface area contributed by atoms with Crippen LogP contribution in [0.4, 0.5) is 29.2 Å². The van der Waals surface area contributed by atoms with Gasteiger partial charge < -0.3 is 9.88 Å². The van der Waals surface area contributed by atoms with Crippen LogP contribution in [0.15, 0.2) is 36.9 Å². The van der Waals surface area contributed by atoms with E-state index in [4.69, 9.17) is 0 Å².